The van der Waals surface area contributed by atoms with Gasteiger partial charge < -0.3 is 14.8 Å². The van der Waals surface area contributed by atoms with E-state index in [0.29, 0.717) is 12.7 Å². The Balaban J connectivity index is 1.40. The monoisotopic (exact) mass is 325 g/mol. The van der Waals surface area contributed by atoms with E-state index in [2.05, 4.69) is 21.2 Å². The molecule has 2 unspecified atom stereocenters. The van der Waals surface area contributed by atoms with Crippen molar-refractivity contribution in [2.24, 2.45) is 0 Å². The van der Waals surface area contributed by atoms with Crippen LogP contribution in [0.3, 0.4) is 0 Å². The van der Waals surface area contributed by atoms with Crippen LogP contribution in [0.1, 0.15) is 25.7 Å². The van der Waals surface area contributed by atoms with Crippen molar-refractivity contribution in [1.82, 2.24) is 5.32 Å². The number of hydrogen-bond acceptors (Lipinski definition) is 3. The van der Waals surface area contributed by atoms with Crippen LogP contribution in [0.15, 0.2) is 28.7 Å². The summed E-state index contributed by atoms with van der Waals surface area (Å²) >= 11 is 3.49. The van der Waals surface area contributed by atoms with E-state index < -0.39 is 0 Å². The van der Waals surface area contributed by atoms with Gasteiger partial charge in [0.15, 0.2) is 0 Å². The van der Waals surface area contributed by atoms with Gasteiger partial charge in [-0.25, -0.2) is 0 Å². The maximum atomic E-state index is 6.00. The summed E-state index contributed by atoms with van der Waals surface area (Å²) in [6.45, 7) is 1.64. The van der Waals surface area contributed by atoms with Crippen LogP contribution in [0.4, 0.5) is 0 Å². The summed E-state index contributed by atoms with van der Waals surface area (Å²) in [7, 11) is 0. The first-order valence-corrected chi connectivity index (χ1v) is 7.87. The Morgan fingerprint density at radius 2 is 1.95 bits per heavy atom. The molecule has 1 saturated heterocycles. The van der Waals surface area contributed by atoms with Crippen LogP contribution in [-0.2, 0) is 4.74 Å². The zero-order valence-corrected chi connectivity index (χ0v) is 12.6. The van der Waals surface area contributed by atoms with Gasteiger partial charge in [-0.15, -0.1) is 0 Å². The van der Waals surface area contributed by atoms with Crippen LogP contribution in [-0.4, -0.2) is 31.4 Å². The first kappa shape index (κ1) is 13.4. The summed E-state index contributed by atoms with van der Waals surface area (Å²) in [5, 5.41) is 3.53. The Hall–Kier alpha value is -0.580. The maximum absolute atomic E-state index is 6.00. The van der Waals surface area contributed by atoms with Gasteiger partial charge in [0, 0.05) is 12.6 Å². The number of para-hydroxylation sites is 1. The molecular formula is C15H20BrNO2. The molecule has 1 aromatic rings. The molecule has 1 saturated carbocycles. The molecule has 1 heterocycles. The molecule has 3 rings (SSSR count). The highest BCUT2D eigenvalue weighted by Gasteiger charge is 2.28. The summed E-state index contributed by atoms with van der Waals surface area (Å²) in [6, 6.07) is 8.71. The zero-order valence-electron chi connectivity index (χ0n) is 11.0. The number of hydrogen-bond donors (Lipinski definition) is 1. The molecule has 1 aliphatic heterocycles. The highest BCUT2D eigenvalue weighted by molar-refractivity contribution is 9.10. The molecule has 1 N–H and O–H groups in total. The number of halogens is 1. The summed E-state index contributed by atoms with van der Waals surface area (Å²) < 4.78 is 12.8. The Morgan fingerprint density at radius 1 is 1.16 bits per heavy atom. The molecule has 3 nitrogen and oxygen atoms in total. The van der Waals surface area contributed by atoms with Crippen molar-refractivity contribution in [2.75, 3.05) is 13.2 Å². The molecule has 104 valence electrons. The van der Waals surface area contributed by atoms with Crippen molar-refractivity contribution in [3.63, 3.8) is 0 Å². The van der Waals surface area contributed by atoms with E-state index in [1.54, 1.807) is 0 Å². The summed E-state index contributed by atoms with van der Waals surface area (Å²) in [6.07, 6.45) is 5.51. The van der Waals surface area contributed by atoms with Gasteiger partial charge in [-0.1, -0.05) is 12.1 Å². The number of ether oxygens (including phenoxy) is 2. The topological polar surface area (TPSA) is 30.5 Å². The number of rotatable bonds is 6. The minimum Gasteiger partial charge on any atom is -0.490 e. The minimum atomic E-state index is 0.234. The van der Waals surface area contributed by atoms with Crippen LogP contribution in [0.2, 0.25) is 0 Å². The molecule has 0 amide bonds. The molecule has 2 atom stereocenters. The highest BCUT2D eigenvalue weighted by Crippen LogP contribution is 2.26. The lowest BCUT2D eigenvalue weighted by atomic mass is 10.2. The molecule has 4 heteroatoms. The smallest absolute Gasteiger partial charge is 0.133 e. The lowest BCUT2D eigenvalue weighted by Gasteiger charge is -2.15. The fourth-order valence-electron chi connectivity index (χ4n) is 2.38. The van der Waals surface area contributed by atoms with Gasteiger partial charge in [0.05, 0.1) is 16.7 Å². The standard InChI is InChI=1S/C15H20BrNO2/c16-14-3-1-2-4-15(14)18-10-13-8-7-12(19-13)9-17-11-5-6-11/h1-4,11-13,17H,5-10H2. The van der Waals surface area contributed by atoms with Gasteiger partial charge in [0.25, 0.3) is 0 Å². The van der Waals surface area contributed by atoms with E-state index in [1.165, 1.54) is 12.8 Å². The maximum Gasteiger partial charge on any atom is 0.133 e. The van der Waals surface area contributed by atoms with Crippen LogP contribution in [0, 0.1) is 0 Å². The van der Waals surface area contributed by atoms with E-state index in [1.807, 2.05) is 24.3 Å². The fraction of sp³-hybridized carbons (Fsp3) is 0.600. The van der Waals surface area contributed by atoms with Crippen LogP contribution in [0.5, 0.6) is 5.75 Å². The second-order valence-corrected chi connectivity index (χ2v) is 6.24. The lowest BCUT2D eigenvalue weighted by molar-refractivity contribution is 0.0183. The van der Waals surface area contributed by atoms with Gasteiger partial charge in [0.2, 0.25) is 0 Å². The Kier molecular flexibility index (Phi) is 4.41. The molecule has 19 heavy (non-hydrogen) atoms. The zero-order chi connectivity index (χ0) is 13.1. The van der Waals surface area contributed by atoms with Gasteiger partial charge in [-0.05, 0) is 53.7 Å². The third-order valence-corrected chi connectivity index (χ3v) is 4.32. The second-order valence-electron chi connectivity index (χ2n) is 5.38. The van der Waals surface area contributed by atoms with Crippen molar-refractivity contribution in [3.8, 4) is 5.75 Å². The molecule has 2 fully saturated rings. The molecule has 0 radical (unpaired) electrons. The molecule has 1 aromatic carbocycles. The van der Waals surface area contributed by atoms with Crippen molar-refractivity contribution in [2.45, 2.75) is 43.9 Å². The third kappa shape index (κ3) is 3.94. The van der Waals surface area contributed by atoms with Gasteiger partial charge >= 0.3 is 0 Å². The van der Waals surface area contributed by atoms with Crippen molar-refractivity contribution in [1.29, 1.82) is 0 Å². The Labute approximate surface area is 122 Å². The summed E-state index contributed by atoms with van der Waals surface area (Å²) in [5.41, 5.74) is 0. The van der Waals surface area contributed by atoms with E-state index in [4.69, 9.17) is 9.47 Å². The molecule has 0 bridgehead atoms. The van der Waals surface area contributed by atoms with Crippen LogP contribution >= 0.6 is 15.9 Å². The highest BCUT2D eigenvalue weighted by atomic mass is 79.9. The molecule has 0 aromatic heterocycles. The minimum absolute atomic E-state index is 0.234. The predicted octanol–water partition coefficient (Wildman–Crippen LogP) is 3.13. The summed E-state index contributed by atoms with van der Waals surface area (Å²) in [5.74, 6) is 0.894. The number of benzene rings is 1. The van der Waals surface area contributed by atoms with Gasteiger partial charge in [-0.2, -0.15) is 0 Å². The van der Waals surface area contributed by atoms with Crippen molar-refractivity contribution < 1.29 is 9.47 Å². The predicted molar refractivity (Wildman–Crippen MR) is 78.6 cm³/mol. The van der Waals surface area contributed by atoms with Crippen LogP contribution < -0.4 is 10.1 Å². The fourth-order valence-corrected chi connectivity index (χ4v) is 2.78. The largest absolute Gasteiger partial charge is 0.490 e. The van der Waals surface area contributed by atoms with Gasteiger partial charge in [0.1, 0.15) is 12.4 Å². The van der Waals surface area contributed by atoms with Crippen molar-refractivity contribution >= 4 is 15.9 Å². The van der Waals surface area contributed by atoms with E-state index in [0.717, 1.165) is 35.7 Å². The van der Waals surface area contributed by atoms with E-state index in [-0.39, 0.29) is 6.10 Å². The SMILES string of the molecule is Brc1ccccc1OCC1CCC(CNC2CC2)O1. The quantitative estimate of drug-likeness (QED) is 0.871. The molecule has 0 spiro atoms. The molecule has 1 aliphatic carbocycles. The van der Waals surface area contributed by atoms with Gasteiger partial charge in [-0.3, -0.25) is 0 Å². The van der Waals surface area contributed by atoms with Crippen LogP contribution in [0.25, 0.3) is 0 Å². The van der Waals surface area contributed by atoms with E-state index in [9.17, 15) is 0 Å². The first-order chi connectivity index (χ1) is 9.31. The Bertz CT molecular complexity index is 422. The normalized spacial score (nSPS) is 26.6. The second kappa shape index (κ2) is 6.25. The first-order valence-electron chi connectivity index (χ1n) is 7.07. The molecular weight excluding hydrogens is 306 g/mol. The average Bonchev–Trinajstić information content (AvgIpc) is 3.14. The molecule has 2 aliphatic rings. The number of nitrogens with one attached hydrogen (secondary N) is 1. The summed E-state index contributed by atoms with van der Waals surface area (Å²) in [4.78, 5) is 0. The lowest BCUT2D eigenvalue weighted by Crippen LogP contribution is -2.29. The third-order valence-electron chi connectivity index (χ3n) is 3.67. The average molecular weight is 326 g/mol. The van der Waals surface area contributed by atoms with E-state index >= 15 is 0 Å². The Morgan fingerprint density at radius 3 is 2.74 bits per heavy atom. The van der Waals surface area contributed by atoms with Crippen molar-refractivity contribution in [3.05, 3.63) is 28.7 Å².